The quantitative estimate of drug-likeness (QED) is 0.703. The molecule has 2 heterocycles. The first-order valence-electron chi connectivity index (χ1n) is 9.57. The van der Waals surface area contributed by atoms with Gasteiger partial charge in [0.15, 0.2) is 0 Å². The molecular weight excluding hydrogens is 352 g/mol. The molecule has 1 unspecified atom stereocenters. The van der Waals surface area contributed by atoms with Crippen LogP contribution >= 0.6 is 0 Å². The van der Waals surface area contributed by atoms with Crippen LogP contribution in [0.4, 0.5) is 0 Å². The van der Waals surface area contributed by atoms with Crippen LogP contribution in [-0.4, -0.2) is 35.5 Å². The molecule has 2 N–H and O–H groups in total. The van der Waals surface area contributed by atoms with Crippen molar-refractivity contribution >= 4 is 22.4 Å². The lowest BCUT2D eigenvalue weighted by Crippen LogP contribution is -2.40. The Morgan fingerprint density at radius 2 is 2.00 bits per heavy atom. The molecule has 1 amide bonds. The van der Waals surface area contributed by atoms with Gasteiger partial charge in [0.1, 0.15) is 17.1 Å². The van der Waals surface area contributed by atoms with Crippen LogP contribution in [0.1, 0.15) is 30.7 Å². The van der Waals surface area contributed by atoms with E-state index in [1.807, 2.05) is 49.4 Å². The minimum absolute atomic E-state index is 0.00515. The molecule has 1 atom stereocenters. The highest BCUT2D eigenvalue weighted by molar-refractivity contribution is 5.80. The van der Waals surface area contributed by atoms with E-state index in [0.29, 0.717) is 6.54 Å². The first-order valence-corrected chi connectivity index (χ1v) is 9.57. The van der Waals surface area contributed by atoms with Crippen LogP contribution in [0.2, 0.25) is 0 Å². The Balaban J connectivity index is 1.32. The number of fused-ring (bicyclic) bond motifs is 1. The summed E-state index contributed by atoms with van der Waals surface area (Å²) in [5, 5.41) is 13.5. The van der Waals surface area contributed by atoms with Gasteiger partial charge in [0, 0.05) is 18.5 Å². The Bertz CT molecular complexity index is 971. The zero-order chi connectivity index (χ0) is 19.5. The van der Waals surface area contributed by atoms with Crippen molar-refractivity contribution in [3.05, 3.63) is 72.0 Å². The SMILES string of the molecule is CC(NC(=O)CN1CC=C(c2ccc(O)cc2)CC1)c1cc2ccccc2o1. The van der Waals surface area contributed by atoms with Crippen molar-refractivity contribution in [1.82, 2.24) is 10.2 Å². The largest absolute Gasteiger partial charge is 0.508 e. The molecule has 2 aromatic carbocycles. The summed E-state index contributed by atoms with van der Waals surface area (Å²) >= 11 is 0. The van der Waals surface area contributed by atoms with Gasteiger partial charge in [-0.2, -0.15) is 0 Å². The maximum Gasteiger partial charge on any atom is 0.234 e. The Labute approximate surface area is 164 Å². The van der Waals surface area contributed by atoms with Gasteiger partial charge >= 0.3 is 0 Å². The van der Waals surface area contributed by atoms with E-state index in [-0.39, 0.29) is 17.7 Å². The number of para-hydroxylation sites is 1. The number of carbonyl (C=O) groups is 1. The summed E-state index contributed by atoms with van der Waals surface area (Å²) in [5.74, 6) is 1.04. The minimum Gasteiger partial charge on any atom is -0.508 e. The first-order chi connectivity index (χ1) is 13.6. The fourth-order valence-corrected chi connectivity index (χ4v) is 3.57. The fraction of sp³-hybridized carbons (Fsp3) is 0.261. The zero-order valence-corrected chi connectivity index (χ0v) is 15.9. The third kappa shape index (κ3) is 4.10. The van der Waals surface area contributed by atoms with Gasteiger partial charge in [-0.05, 0) is 48.7 Å². The van der Waals surface area contributed by atoms with E-state index < -0.39 is 0 Å². The second-order valence-electron chi connectivity index (χ2n) is 7.24. The first kappa shape index (κ1) is 18.3. The number of amides is 1. The van der Waals surface area contributed by atoms with Gasteiger partial charge in [-0.15, -0.1) is 0 Å². The Morgan fingerprint density at radius 1 is 1.21 bits per heavy atom. The van der Waals surface area contributed by atoms with Crippen molar-refractivity contribution in [2.75, 3.05) is 19.6 Å². The lowest BCUT2D eigenvalue weighted by Gasteiger charge is -2.26. The molecule has 3 aromatic rings. The maximum absolute atomic E-state index is 12.5. The van der Waals surface area contributed by atoms with Crippen LogP contribution in [0.25, 0.3) is 16.5 Å². The standard InChI is InChI=1S/C23H24N2O3/c1-16(22-14-19-4-2-3-5-21(19)28-22)24-23(27)15-25-12-10-18(11-13-25)17-6-8-20(26)9-7-17/h2-10,14,16,26H,11-13,15H2,1H3,(H,24,27). The number of carbonyl (C=O) groups excluding carboxylic acids is 1. The molecule has 1 aliphatic rings. The van der Waals surface area contributed by atoms with Gasteiger partial charge in [-0.1, -0.05) is 36.4 Å². The Hall–Kier alpha value is -3.05. The van der Waals surface area contributed by atoms with Crippen LogP contribution in [0.15, 0.2) is 65.1 Å². The lowest BCUT2D eigenvalue weighted by atomic mass is 9.99. The van der Waals surface area contributed by atoms with E-state index in [9.17, 15) is 9.90 Å². The second-order valence-corrected chi connectivity index (χ2v) is 7.24. The lowest BCUT2D eigenvalue weighted by molar-refractivity contribution is -0.122. The van der Waals surface area contributed by atoms with Crippen LogP contribution in [-0.2, 0) is 4.79 Å². The van der Waals surface area contributed by atoms with Gasteiger partial charge < -0.3 is 14.8 Å². The van der Waals surface area contributed by atoms with Crippen LogP contribution in [0, 0.1) is 0 Å². The minimum atomic E-state index is -0.173. The molecule has 4 rings (SSSR count). The monoisotopic (exact) mass is 376 g/mol. The second kappa shape index (κ2) is 7.90. The summed E-state index contributed by atoms with van der Waals surface area (Å²) in [6, 6.07) is 16.9. The molecule has 1 aromatic heterocycles. The average Bonchev–Trinajstić information content (AvgIpc) is 3.14. The molecule has 144 valence electrons. The third-order valence-corrected chi connectivity index (χ3v) is 5.15. The highest BCUT2D eigenvalue weighted by Crippen LogP contribution is 2.25. The number of phenolic OH excluding ortho intramolecular Hbond substituents is 1. The van der Waals surface area contributed by atoms with E-state index in [4.69, 9.17) is 4.42 Å². The maximum atomic E-state index is 12.5. The van der Waals surface area contributed by atoms with Crippen LogP contribution in [0.5, 0.6) is 5.75 Å². The third-order valence-electron chi connectivity index (χ3n) is 5.15. The molecule has 0 radical (unpaired) electrons. The molecule has 28 heavy (non-hydrogen) atoms. The topological polar surface area (TPSA) is 65.7 Å². The van der Waals surface area contributed by atoms with E-state index in [1.54, 1.807) is 12.1 Å². The number of hydrogen-bond acceptors (Lipinski definition) is 4. The number of aromatic hydroxyl groups is 1. The average molecular weight is 376 g/mol. The Morgan fingerprint density at radius 3 is 2.71 bits per heavy atom. The molecular formula is C23H24N2O3. The van der Waals surface area contributed by atoms with Gasteiger partial charge in [0.25, 0.3) is 0 Å². The molecule has 0 spiro atoms. The predicted octanol–water partition coefficient (Wildman–Crippen LogP) is 4.10. The highest BCUT2D eigenvalue weighted by Gasteiger charge is 2.18. The van der Waals surface area contributed by atoms with Crippen molar-refractivity contribution < 1.29 is 14.3 Å². The predicted molar refractivity (Wildman–Crippen MR) is 110 cm³/mol. The van der Waals surface area contributed by atoms with Crippen LogP contribution < -0.4 is 5.32 Å². The van der Waals surface area contributed by atoms with Crippen LogP contribution in [0.3, 0.4) is 0 Å². The molecule has 0 fully saturated rings. The summed E-state index contributed by atoms with van der Waals surface area (Å²) in [4.78, 5) is 14.6. The molecule has 0 bridgehead atoms. The number of furan rings is 1. The Kier molecular flexibility index (Phi) is 5.17. The van der Waals surface area contributed by atoms with E-state index >= 15 is 0 Å². The summed E-state index contributed by atoms with van der Waals surface area (Å²) in [6.45, 7) is 3.88. The molecule has 0 saturated heterocycles. The number of hydrogen-bond donors (Lipinski definition) is 2. The number of phenols is 1. The van der Waals surface area contributed by atoms with Crippen molar-refractivity contribution in [2.45, 2.75) is 19.4 Å². The van der Waals surface area contributed by atoms with Gasteiger partial charge in [-0.25, -0.2) is 0 Å². The molecule has 5 nitrogen and oxygen atoms in total. The van der Waals surface area contributed by atoms with Crippen molar-refractivity contribution in [3.8, 4) is 5.75 Å². The number of rotatable bonds is 5. The molecule has 0 saturated carbocycles. The van der Waals surface area contributed by atoms with Gasteiger partial charge in [0.05, 0.1) is 12.6 Å². The van der Waals surface area contributed by atoms with Gasteiger partial charge in [0.2, 0.25) is 5.91 Å². The van der Waals surface area contributed by atoms with Crippen molar-refractivity contribution in [3.63, 3.8) is 0 Å². The normalized spacial score (nSPS) is 16.0. The number of nitrogens with one attached hydrogen (secondary N) is 1. The summed E-state index contributed by atoms with van der Waals surface area (Å²) in [7, 11) is 0. The van der Waals surface area contributed by atoms with E-state index in [1.165, 1.54) is 5.57 Å². The zero-order valence-electron chi connectivity index (χ0n) is 15.9. The molecule has 0 aliphatic carbocycles. The molecule has 5 heteroatoms. The molecule has 1 aliphatic heterocycles. The number of nitrogens with zero attached hydrogens (tertiary/aromatic N) is 1. The smallest absolute Gasteiger partial charge is 0.234 e. The van der Waals surface area contributed by atoms with E-state index in [0.717, 1.165) is 41.8 Å². The fourth-order valence-electron chi connectivity index (χ4n) is 3.57. The number of benzene rings is 2. The summed E-state index contributed by atoms with van der Waals surface area (Å²) in [6.07, 6.45) is 3.04. The van der Waals surface area contributed by atoms with Gasteiger partial charge in [-0.3, -0.25) is 9.69 Å². The summed E-state index contributed by atoms with van der Waals surface area (Å²) < 4.78 is 5.84. The summed E-state index contributed by atoms with van der Waals surface area (Å²) in [5.41, 5.74) is 3.22. The highest BCUT2D eigenvalue weighted by atomic mass is 16.3. The van der Waals surface area contributed by atoms with Crippen molar-refractivity contribution in [1.29, 1.82) is 0 Å². The van der Waals surface area contributed by atoms with E-state index in [2.05, 4.69) is 16.3 Å². The van der Waals surface area contributed by atoms with Crippen molar-refractivity contribution in [2.24, 2.45) is 0 Å².